The van der Waals surface area contributed by atoms with Gasteiger partial charge in [-0.1, -0.05) is 74.5 Å². The monoisotopic (exact) mass is 353 g/mol. The number of rotatable bonds is 8. The molecule has 0 bridgehead atoms. The van der Waals surface area contributed by atoms with Crippen LogP contribution in [0.5, 0.6) is 0 Å². The predicted octanol–water partition coefficient (Wildman–Crippen LogP) is 4.47. The maximum atomic E-state index is 12.8. The van der Waals surface area contributed by atoms with Crippen molar-refractivity contribution < 1.29 is 9.90 Å². The molecule has 1 amide bonds. The van der Waals surface area contributed by atoms with Gasteiger partial charge in [-0.3, -0.25) is 4.79 Å². The average molecular weight is 354 g/mol. The van der Waals surface area contributed by atoms with Crippen LogP contribution in [0.25, 0.3) is 0 Å². The maximum absolute atomic E-state index is 12.8. The predicted molar refractivity (Wildman–Crippen MR) is 107 cm³/mol. The molecule has 0 aromatic heterocycles. The summed E-state index contributed by atoms with van der Waals surface area (Å²) < 4.78 is 0. The standard InChI is InChI=1S/C23H31NO2/c1-17(16-20-11-7-5-8-12-20)15-18(2)23(26)24(4)19(3)22(25)21-13-9-6-10-14-21/h5-14,17-19,22,25H,15-16H2,1-4H3/t17-,18+,19-,22+/m0/s1. The average Bonchev–Trinajstić information content (AvgIpc) is 2.66. The quantitative estimate of drug-likeness (QED) is 0.760. The van der Waals surface area contributed by atoms with Gasteiger partial charge in [0.15, 0.2) is 0 Å². The lowest BCUT2D eigenvalue weighted by Gasteiger charge is -2.32. The topological polar surface area (TPSA) is 40.5 Å². The van der Waals surface area contributed by atoms with Crippen molar-refractivity contribution in [3.05, 3.63) is 71.8 Å². The highest BCUT2D eigenvalue weighted by molar-refractivity contribution is 5.78. The Hall–Kier alpha value is -2.13. The van der Waals surface area contributed by atoms with Crippen molar-refractivity contribution in [2.45, 2.75) is 45.8 Å². The van der Waals surface area contributed by atoms with Crippen LogP contribution in [0.2, 0.25) is 0 Å². The number of hydrogen-bond donors (Lipinski definition) is 1. The maximum Gasteiger partial charge on any atom is 0.225 e. The SMILES string of the molecule is C[C@H](Cc1ccccc1)C[C@@H](C)C(=O)N(C)[C@@H](C)[C@@H](O)c1ccccc1. The van der Waals surface area contributed by atoms with E-state index in [0.29, 0.717) is 5.92 Å². The van der Waals surface area contributed by atoms with Gasteiger partial charge in [-0.15, -0.1) is 0 Å². The van der Waals surface area contributed by atoms with Crippen molar-refractivity contribution in [2.24, 2.45) is 11.8 Å². The number of aliphatic hydroxyl groups is 1. The smallest absolute Gasteiger partial charge is 0.225 e. The highest BCUT2D eigenvalue weighted by Gasteiger charge is 2.27. The number of hydrogen-bond acceptors (Lipinski definition) is 2. The molecule has 1 N–H and O–H groups in total. The summed E-state index contributed by atoms with van der Waals surface area (Å²) >= 11 is 0. The van der Waals surface area contributed by atoms with Crippen molar-refractivity contribution in [1.29, 1.82) is 0 Å². The van der Waals surface area contributed by atoms with Gasteiger partial charge in [0.1, 0.15) is 0 Å². The van der Waals surface area contributed by atoms with Gasteiger partial charge in [-0.05, 0) is 36.8 Å². The third-order valence-electron chi connectivity index (χ3n) is 5.16. The summed E-state index contributed by atoms with van der Waals surface area (Å²) in [4.78, 5) is 14.5. The third-order valence-corrected chi connectivity index (χ3v) is 5.16. The fraction of sp³-hybridized carbons (Fsp3) is 0.435. The second-order valence-electron chi connectivity index (χ2n) is 7.48. The van der Waals surface area contributed by atoms with Crippen molar-refractivity contribution in [3.8, 4) is 0 Å². The summed E-state index contributed by atoms with van der Waals surface area (Å²) in [5, 5.41) is 10.6. The molecule has 0 aliphatic heterocycles. The Bertz CT molecular complexity index is 671. The number of nitrogens with zero attached hydrogens (tertiary/aromatic N) is 1. The molecule has 3 nitrogen and oxygen atoms in total. The van der Waals surface area contributed by atoms with Crippen LogP contribution >= 0.6 is 0 Å². The molecular weight excluding hydrogens is 322 g/mol. The van der Waals surface area contributed by atoms with E-state index in [4.69, 9.17) is 0 Å². The molecule has 26 heavy (non-hydrogen) atoms. The first kappa shape index (κ1) is 20.2. The molecule has 4 atom stereocenters. The van der Waals surface area contributed by atoms with Crippen LogP contribution in [0.4, 0.5) is 0 Å². The summed E-state index contributed by atoms with van der Waals surface area (Å²) in [5.74, 6) is 0.454. The van der Waals surface area contributed by atoms with E-state index in [1.165, 1.54) is 5.56 Å². The minimum absolute atomic E-state index is 0.0656. The Labute approximate surface area is 157 Å². The van der Waals surface area contributed by atoms with E-state index in [-0.39, 0.29) is 17.9 Å². The second-order valence-corrected chi connectivity index (χ2v) is 7.48. The van der Waals surface area contributed by atoms with Crippen molar-refractivity contribution in [1.82, 2.24) is 4.90 Å². The van der Waals surface area contributed by atoms with Crippen molar-refractivity contribution in [2.75, 3.05) is 7.05 Å². The molecule has 0 saturated carbocycles. The molecule has 2 aromatic carbocycles. The first-order valence-corrected chi connectivity index (χ1v) is 9.43. The van der Waals surface area contributed by atoms with Gasteiger partial charge >= 0.3 is 0 Å². The zero-order valence-electron chi connectivity index (χ0n) is 16.3. The molecule has 0 unspecified atom stereocenters. The van der Waals surface area contributed by atoms with Crippen LogP contribution < -0.4 is 0 Å². The van der Waals surface area contributed by atoms with E-state index in [1.807, 2.05) is 50.2 Å². The Kier molecular flexibility index (Phi) is 7.40. The van der Waals surface area contributed by atoms with Gasteiger partial charge in [0.2, 0.25) is 5.91 Å². The summed E-state index contributed by atoms with van der Waals surface area (Å²) in [6.07, 6.45) is 1.13. The Morgan fingerprint density at radius 1 is 0.962 bits per heavy atom. The molecule has 0 spiro atoms. The van der Waals surface area contributed by atoms with Crippen LogP contribution in [0.3, 0.4) is 0 Å². The third kappa shape index (κ3) is 5.43. The van der Waals surface area contributed by atoms with E-state index in [0.717, 1.165) is 18.4 Å². The summed E-state index contributed by atoms with van der Waals surface area (Å²) in [5.41, 5.74) is 2.14. The second kappa shape index (κ2) is 9.54. The summed E-state index contributed by atoms with van der Waals surface area (Å²) in [7, 11) is 1.79. The number of benzene rings is 2. The lowest BCUT2D eigenvalue weighted by atomic mass is 9.90. The van der Waals surface area contributed by atoms with E-state index >= 15 is 0 Å². The molecule has 0 radical (unpaired) electrons. The van der Waals surface area contributed by atoms with E-state index in [1.54, 1.807) is 11.9 Å². The molecule has 2 rings (SSSR count). The van der Waals surface area contributed by atoms with Gasteiger partial charge in [0.25, 0.3) is 0 Å². The fourth-order valence-corrected chi connectivity index (χ4v) is 3.49. The Balaban J connectivity index is 1.91. The number of carbonyl (C=O) groups is 1. The lowest BCUT2D eigenvalue weighted by Crippen LogP contribution is -2.42. The zero-order chi connectivity index (χ0) is 19.1. The van der Waals surface area contributed by atoms with E-state index < -0.39 is 6.10 Å². The van der Waals surface area contributed by atoms with Gasteiger partial charge in [0.05, 0.1) is 12.1 Å². The fourth-order valence-electron chi connectivity index (χ4n) is 3.49. The highest BCUT2D eigenvalue weighted by Crippen LogP contribution is 2.23. The molecule has 0 heterocycles. The van der Waals surface area contributed by atoms with Crippen molar-refractivity contribution >= 4 is 5.91 Å². The van der Waals surface area contributed by atoms with Crippen LogP contribution in [0.15, 0.2) is 60.7 Å². The molecule has 2 aromatic rings. The van der Waals surface area contributed by atoms with Crippen LogP contribution in [0, 0.1) is 11.8 Å². The zero-order valence-corrected chi connectivity index (χ0v) is 16.3. The first-order valence-electron chi connectivity index (χ1n) is 9.43. The number of amides is 1. The van der Waals surface area contributed by atoms with E-state index in [9.17, 15) is 9.90 Å². The minimum atomic E-state index is -0.681. The number of aliphatic hydroxyl groups excluding tert-OH is 1. The first-order chi connectivity index (χ1) is 12.4. The number of carbonyl (C=O) groups excluding carboxylic acids is 1. The van der Waals surface area contributed by atoms with Crippen LogP contribution in [-0.4, -0.2) is 29.0 Å². The van der Waals surface area contributed by atoms with Crippen LogP contribution in [-0.2, 0) is 11.2 Å². The van der Waals surface area contributed by atoms with Gasteiger partial charge < -0.3 is 10.0 Å². The lowest BCUT2D eigenvalue weighted by molar-refractivity contribution is -0.138. The molecular formula is C23H31NO2. The summed E-state index contributed by atoms with van der Waals surface area (Å²) in [6, 6.07) is 19.6. The van der Waals surface area contributed by atoms with E-state index in [2.05, 4.69) is 31.2 Å². The van der Waals surface area contributed by atoms with Gasteiger partial charge in [-0.2, -0.15) is 0 Å². The molecule has 0 aliphatic carbocycles. The van der Waals surface area contributed by atoms with Gasteiger partial charge in [0, 0.05) is 13.0 Å². The molecule has 0 fully saturated rings. The Morgan fingerprint density at radius 3 is 2.08 bits per heavy atom. The van der Waals surface area contributed by atoms with Gasteiger partial charge in [-0.25, -0.2) is 0 Å². The largest absolute Gasteiger partial charge is 0.386 e. The normalized spacial score (nSPS) is 15.7. The molecule has 3 heteroatoms. The number of likely N-dealkylation sites (N-methyl/N-ethyl adjacent to an activating group) is 1. The Morgan fingerprint density at radius 2 is 1.50 bits per heavy atom. The summed E-state index contributed by atoms with van der Waals surface area (Å²) in [6.45, 7) is 6.08. The van der Waals surface area contributed by atoms with Crippen molar-refractivity contribution in [3.63, 3.8) is 0 Å². The van der Waals surface area contributed by atoms with Crippen LogP contribution in [0.1, 0.15) is 44.4 Å². The molecule has 140 valence electrons. The molecule has 0 aliphatic rings. The molecule has 0 saturated heterocycles. The minimum Gasteiger partial charge on any atom is -0.386 e. The highest BCUT2D eigenvalue weighted by atomic mass is 16.3.